The van der Waals surface area contributed by atoms with Crippen molar-refractivity contribution in [2.45, 2.75) is 44.9 Å². The largest absolute Gasteiger partial charge is 0.478 e. The molecule has 22 heavy (non-hydrogen) atoms. The Hall–Kier alpha value is -2.08. The maximum Gasteiger partial charge on any atom is 0.265 e. The van der Waals surface area contributed by atoms with E-state index in [1.165, 1.54) is 0 Å². The molecule has 3 N–H and O–H groups in total. The molecule has 0 spiro atoms. The molecule has 1 saturated heterocycles. The summed E-state index contributed by atoms with van der Waals surface area (Å²) in [7, 11) is 0. The van der Waals surface area contributed by atoms with Crippen molar-refractivity contribution in [3.63, 3.8) is 0 Å². The lowest BCUT2D eigenvalue weighted by Gasteiger charge is -2.31. The number of hydrogen-bond acceptors (Lipinski definition) is 4. The summed E-state index contributed by atoms with van der Waals surface area (Å²) in [5.41, 5.74) is 1.01. The second-order valence-corrected chi connectivity index (χ2v) is 5.90. The molecule has 3 unspecified atom stereocenters. The van der Waals surface area contributed by atoms with Gasteiger partial charge in [0, 0.05) is 12.1 Å². The lowest BCUT2D eigenvalue weighted by molar-refractivity contribution is -0.122. The van der Waals surface area contributed by atoms with Gasteiger partial charge >= 0.3 is 0 Å². The first-order valence-corrected chi connectivity index (χ1v) is 7.71. The van der Waals surface area contributed by atoms with Crippen LogP contribution in [-0.2, 0) is 4.79 Å². The summed E-state index contributed by atoms with van der Waals surface area (Å²) in [5, 5.41) is 9.19. The number of fused-ring (bicyclic) bond motifs is 1. The first-order valence-electron chi connectivity index (χ1n) is 7.71. The minimum absolute atomic E-state index is 0.104. The molecule has 1 aromatic carbocycles. The summed E-state index contributed by atoms with van der Waals surface area (Å²) in [6.45, 7) is 4.73. The van der Waals surface area contributed by atoms with Gasteiger partial charge in [0.2, 0.25) is 0 Å². The third-order valence-electron chi connectivity index (χ3n) is 4.26. The topological polar surface area (TPSA) is 79.5 Å². The van der Waals surface area contributed by atoms with Gasteiger partial charge in [-0.3, -0.25) is 9.59 Å². The molecule has 0 bridgehead atoms. The highest BCUT2D eigenvalue weighted by molar-refractivity contribution is 6.04. The van der Waals surface area contributed by atoms with Crippen molar-refractivity contribution in [1.82, 2.24) is 10.6 Å². The van der Waals surface area contributed by atoms with E-state index in [0.29, 0.717) is 17.0 Å². The number of ether oxygens (including phenoxy) is 1. The van der Waals surface area contributed by atoms with Gasteiger partial charge in [0.05, 0.1) is 11.3 Å². The van der Waals surface area contributed by atoms with E-state index in [2.05, 4.69) is 22.9 Å². The fourth-order valence-electron chi connectivity index (χ4n) is 2.89. The van der Waals surface area contributed by atoms with E-state index in [9.17, 15) is 9.59 Å². The van der Waals surface area contributed by atoms with Gasteiger partial charge in [0.1, 0.15) is 0 Å². The van der Waals surface area contributed by atoms with Gasteiger partial charge in [-0.2, -0.15) is 0 Å². The van der Waals surface area contributed by atoms with Gasteiger partial charge in [-0.15, -0.1) is 0 Å². The highest BCUT2D eigenvalue weighted by atomic mass is 16.5. The summed E-state index contributed by atoms with van der Waals surface area (Å²) in [5.74, 6) is 0.0828. The molecule has 3 rings (SSSR count). The predicted molar refractivity (Wildman–Crippen MR) is 83.1 cm³/mol. The number of amides is 2. The molecule has 1 fully saturated rings. The third-order valence-corrected chi connectivity index (χ3v) is 4.26. The van der Waals surface area contributed by atoms with Crippen LogP contribution in [0.1, 0.15) is 37.0 Å². The maximum atomic E-state index is 12.6. The number of rotatable bonds is 2. The highest BCUT2D eigenvalue weighted by Gasteiger charge is 2.29. The van der Waals surface area contributed by atoms with Gasteiger partial charge in [0.25, 0.3) is 11.8 Å². The number of carbonyl (C=O) groups excluding carboxylic acids is 2. The standard InChI is InChI=1S/C16H21N3O3/c1-9-12(7-4-8-17-9)18-16(21)11-5-3-6-13-14(11)22-10(2)15(20)19-13/h3,5-6,9-10,12,17H,4,7-8H2,1-2H3,(H,18,21)(H,19,20). The molecule has 118 valence electrons. The molecule has 0 aromatic heterocycles. The van der Waals surface area contributed by atoms with Crippen molar-refractivity contribution in [3.05, 3.63) is 23.8 Å². The first-order chi connectivity index (χ1) is 10.6. The molecule has 2 heterocycles. The Morgan fingerprint density at radius 2 is 2.18 bits per heavy atom. The summed E-state index contributed by atoms with van der Waals surface area (Å²) in [4.78, 5) is 24.2. The lowest BCUT2D eigenvalue weighted by Crippen LogP contribution is -2.52. The van der Waals surface area contributed by atoms with Crippen molar-refractivity contribution in [2.75, 3.05) is 11.9 Å². The van der Waals surface area contributed by atoms with E-state index >= 15 is 0 Å². The van der Waals surface area contributed by atoms with Crippen LogP contribution in [0.4, 0.5) is 5.69 Å². The third kappa shape index (κ3) is 2.78. The van der Waals surface area contributed by atoms with Crippen LogP contribution in [0.2, 0.25) is 0 Å². The smallest absolute Gasteiger partial charge is 0.265 e. The Kier molecular flexibility index (Phi) is 4.02. The summed E-state index contributed by atoms with van der Waals surface area (Å²) < 4.78 is 5.62. The van der Waals surface area contributed by atoms with E-state index in [1.807, 2.05) is 0 Å². The Balaban J connectivity index is 1.81. The second kappa shape index (κ2) is 5.96. The van der Waals surface area contributed by atoms with Crippen molar-refractivity contribution in [1.29, 1.82) is 0 Å². The van der Waals surface area contributed by atoms with Gasteiger partial charge < -0.3 is 20.7 Å². The molecule has 2 aliphatic rings. The monoisotopic (exact) mass is 303 g/mol. The quantitative estimate of drug-likeness (QED) is 0.769. The zero-order valence-corrected chi connectivity index (χ0v) is 12.8. The number of carbonyl (C=O) groups is 2. The Morgan fingerprint density at radius 1 is 1.36 bits per heavy atom. The molecule has 6 heteroatoms. The molecular weight excluding hydrogens is 282 g/mol. The van der Waals surface area contributed by atoms with E-state index in [4.69, 9.17) is 4.74 Å². The number of nitrogens with one attached hydrogen (secondary N) is 3. The van der Waals surface area contributed by atoms with Gasteiger partial charge in [-0.25, -0.2) is 0 Å². The van der Waals surface area contributed by atoms with Crippen LogP contribution in [0, 0.1) is 0 Å². The van der Waals surface area contributed by atoms with Crippen LogP contribution >= 0.6 is 0 Å². The van der Waals surface area contributed by atoms with Crippen LogP contribution in [0.5, 0.6) is 5.75 Å². The van der Waals surface area contributed by atoms with Crippen molar-refractivity contribution in [3.8, 4) is 5.75 Å². The van der Waals surface area contributed by atoms with Crippen molar-refractivity contribution in [2.24, 2.45) is 0 Å². The maximum absolute atomic E-state index is 12.6. The molecule has 0 aliphatic carbocycles. The zero-order chi connectivity index (χ0) is 15.7. The van der Waals surface area contributed by atoms with Crippen LogP contribution in [-0.4, -0.2) is 36.5 Å². The molecule has 0 radical (unpaired) electrons. The number of benzene rings is 1. The Labute approximate surface area is 129 Å². The van der Waals surface area contributed by atoms with E-state index in [1.54, 1.807) is 25.1 Å². The van der Waals surface area contributed by atoms with Crippen LogP contribution in [0.3, 0.4) is 0 Å². The van der Waals surface area contributed by atoms with Gasteiger partial charge in [0.15, 0.2) is 11.9 Å². The minimum Gasteiger partial charge on any atom is -0.478 e. The van der Waals surface area contributed by atoms with Gasteiger partial charge in [-0.1, -0.05) is 6.07 Å². The predicted octanol–water partition coefficient (Wildman–Crippen LogP) is 1.28. The molecule has 3 atom stereocenters. The normalized spacial score (nSPS) is 27.4. The number of anilines is 1. The van der Waals surface area contributed by atoms with E-state index < -0.39 is 6.10 Å². The van der Waals surface area contributed by atoms with Crippen LogP contribution in [0.15, 0.2) is 18.2 Å². The Morgan fingerprint density at radius 3 is 2.95 bits per heavy atom. The van der Waals surface area contributed by atoms with Crippen molar-refractivity contribution >= 4 is 17.5 Å². The number of piperidine rings is 1. The molecule has 2 amide bonds. The number of para-hydroxylation sites is 1. The Bertz CT molecular complexity index is 602. The average Bonchev–Trinajstić information content (AvgIpc) is 2.50. The summed E-state index contributed by atoms with van der Waals surface area (Å²) in [6.07, 6.45) is 1.41. The summed E-state index contributed by atoms with van der Waals surface area (Å²) in [6, 6.07) is 5.56. The molecule has 1 aromatic rings. The van der Waals surface area contributed by atoms with Crippen LogP contribution in [0.25, 0.3) is 0 Å². The highest BCUT2D eigenvalue weighted by Crippen LogP contribution is 2.33. The fraction of sp³-hybridized carbons (Fsp3) is 0.500. The fourth-order valence-corrected chi connectivity index (χ4v) is 2.89. The van der Waals surface area contributed by atoms with E-state index in [-0.39, 0.29) is 23.9 Å². The second-order valence-electron chi connectivity index (χ2n) is 5.90. The van der Waals surface area contributed by atoms with Gasteiger partial charge in [-0.05, 0) is 45.4 Å². The molecule has 6 nitrogen and oxygen atoms in total. The van der Waals surface area contributed by atoms with Crippen molar-refractivity contribution < 1.29 is 14.3 Å². The average molecular weight is 303 g/mol. The SMILES string of the molecule is CC1Oc2c(cccc2C(=O)NC2CCCNC2C)NC1=O. The summed E-state index contributed by atoms with van der Waals surface area (Å²) >= 11 is 0. The molecular formula is C16H21N3O3. The minimum atomic E-state index is -0.600. The first kappa shape index (κ1) is 14.8. The zero-order valence-electron chi connectivity index (χ0n) is 12.8. The molecule has 2 aliphatic heterocycles. The molecule has 0 saturated carbocycles. The van der Waals surface area contributed by atoms with Crippen LogP contribution < -0.4 is 20.7 Å². The van der Waals surface area contributed by atoms with E-state index in [0.717, 1.165) is 19.4 Å². The lowest BCUT2D eigenvalue weighted by atomic mass is 9.99. The number of hydrogen-bond donors (Lipinski definition) is 3.